The SMILES string of the molecule is CCCC(=O)Sc1nnc(NC(=S)Nc2ccc(C)cc2)s1. The van der Waals surface area contributed by atoms with E-state index in [1.807, 2.05) is 38.1 Å². The van der Waals surface area contributed by atoms with Gasteiger partial charge >= 0.3 is 0 Å². The van der Waals surface area contributed by atoms with Crippen LogP contribution in [0.3, 0.4) is 0 Å². The molecule has 22 heavy (non-hydrogen) atoms. The highest BCUT2D eigenvalue weighted by atomic mass is 32.2. The lowest BCUT2D eigenvalue weighted by molar-refractivity contribution is -0.111. The molecule has 0 radical (unpaired) electrons. The van der Waals surface area contributed by atoms with E-state index in [0.29, 0.717) is 21.0 Å². The molecule has 0 aliphatic heterocycles. The van der Waals surface area contributed by atoms with E-state index in [1.54, 1.807) is 0 Å². The van der Waals surface area contributed by atoms with Gasteiger partial charge in [0.1, 0.15) is 0 Å². The van der Waals surface area contributed by atoms with Crippen LogP contribution in [-0.2, 0) is 4.79 Å². The monoisotopic (exact) mass is 352 g/mol. The number of benzene rings is 1. The Balaban J connectivity index is 1.88. The van der Waals surface area contributed by atoms with Crippen molar-refractivity contribution in [2.45, 2.75) is 31.0 Å². The molecule has 0 saturated carbocycles. The molecule has 0 amide bonds. The minimum atomic E-state index is 0.102. The van der Waals surface area contributed by atoms with Crippen LogP contribution < -0.4 is 10.6 Å². The second-order valence-corrected chi connectivity index (χ2v) is 7.23. The summed E-state index contributed by atoms with van der Waals surface area (Å²) in [5.74, 6) is 0. The fourth-order valence-electron chi connectivity index (χ4n) is 1.55. The third-order valence-corrected chi connectivity index (χ3v) is 4.62. The number of hydrogen-bond acceptors (Lipinski definition) is 6. The van der Waals surface area contributed by atoms with E-state index in [9.17, 15) is 4.79 Å². The van der Waals surface area contributed by atoms with E-state index in [2.05, 4.69) is 20.8 Å². The zero-order valence-electron chi connectivity index (χ0n) is 12.3. The molecule has 0 spiro atoms. The highest BCUT2D eigenvalue weighted by Crippen LogP contribution is 2.27. The van der Waals surface area contributed by atoms with Gasteiger partial charge in [-0.3, -0.25) is 4.79 Å². The summed E-state index contributed by atoms with van der Waals surface area (Å²) in [4.78, 5) is 11.6. The first-order valence-electron chi connectivity index (χ1n) is 6.75. The highest BCUT2D eigenvalue weighted by molar-refractivity contribution is 8.14. The maximum atomic E-state index is 11.6. The summed E-state index contributed by atoms with van der Waals surface area (Å²) in [5.41, 5.74) is 2.09. The molecule has 2 aromatic rings. The normalized spacial score (nSPS) is 10.3. The van der Waals surface area contributed by atoms with Gasteiger partial charge in [0.15, 0.2) is 14.6 Å². The third kappa shape index (κ3) is 5.36. The van der Waals surface area contributed by atoms with Crippen molar-refractivity contribution in [1.29, 1.82) is 0 Å². The van der Waals surface area contributed by atoms with Crippen molar-refractivity contribution in [2.75, 3.05) is 10.6 Å². The van der Waals surface area contributed by atoms with E-state index in [1.165, 1.54) is 16.9 Å². The number of carbonyl (C=O) groups is 1. The van der Waals surface area contributed by atoms with Gasteiger partial charge in [0.05, 0.1) is 0 Å². The minimum Gasteiger partial charge on any atom is -0.332 e. The van der Waals surface area contributed by atoms with Crippen LogP contribution in [0.1, 0.15) is 25.3 Å². The zero-order valence-corrected chi connectivity index (χ0v) is 14.7. The Morgan fingerprint density at radius 3 is 2.68 bits per heavy atom. The molecule has 0 atom stereocenters. The van der Waals surface area contributed by atoms with Crippen molar-refractivity contribution in [2.24, 2.45) is 0 Å². The fourth-order valence-corrected chi connectivity index (χ4v) is 3.58. The molecule has 2 rings (SSSR count). The number of anilines is 2. The zero-order chi connectivity index (χ0) is 15.9. The third-order valence-electron chi connectivity index (χ3n) is 2.59. The first kappa shape index (κ1) is 16.9. The number of aromatic nitrogens is 2. The molecule has 1 heterocycles. The van der Waals surface area contributed by atoms with Crippen LogP contribution in [0.15, 0.2) is 28.6 Å². The fraction of sp³-hybridized carbons (Fsp3) is 0.286. The lowest BCUT2D eigenvalue weighted by Gasteiger charge is -2.07. The van der Waals surface area contributed by atoms with Crippen LogP contribution >= 0.6 is 35.3 Å². The lowest BCUT2D eigenvalue weighted by atomic mass is 10.2. The molecule has 0 bridgehead atoms. The maximum absolute atomic E-state index is 11.6. The highest BCUT2D eigenvalue weighted by Gasteiger charge is 2.10. The molecule has 0 unspecified atom stereocenters. The topological polar surface area (TPSA) is 66.9 Å². The van der Waals surface area contributed by atoms with Crippen molar-refractivity contribution in [3.63, 3.8) is 0 Å². The summed E-state index contributed by atoms with van der Waals surface area (Å²) < 4.78 is 0.624. The summed E-state index contributed by atoms with van der Waals surface area (Å²) >= 11 is 7.67. The Morgan fingerprint density at radius 2 is 2.00 bits per heavy atom. The van der Waals surface area contributed by atoms with Gasteiger partial charge in [0, 0.05) is 12.1 Å². The predicted octanol–water partition coefficient (Wildman–Crippen LogP) is 4.07. The second-order valence-electron chi connectivity index (χ2n) is 4.54. The van der Waals surface area contributed by atoms with Crippen molar-refractivity contribution in [3.8, 4) is 0 Å². The van der Waals surface area contributed by atoms with E-state index in [0.717, 1.165) is 23.9 Å². The predicted molar refractivity (Wildman–Crippen MR) is 96.7 cm³/mol. The van der Waals surface area contributed by atoms with Crippen LogP contribution in [0.4, 0.5) is 10.8 Å². The summed E-state index contributed by atoms with van der Waals surface area (Å²) in [6.07, 6.45) is 1.38. The number of thiocarbonyl (C=S) groups is 1. The van der Waals surface area contributed by atoms with Gasteiger partial charge in [0.2, 0.25) is 5.13 Å². The maximum Gasteiger partial charge on any atom is 0.212 e. The smallest absolute Gasteiger partial charge is 0.212 e. The van der Waals surface area contributed by atoms with Crippen molar-refractivity contribution in [3.05, 3.63) is 29.8 Å². The molecule has 0 fully saturated rings. The molecule has 5 nitrogen and oxygen atoms in total. The van der Waals surface area contributed by atoms with Gasteiger partial charge in [-0.05, 0) is 49.5 Å². The average molecular weight is 353 g/mol. The quantitative estimate of drug-likeness (QED) is 0.621. The van der Waals surface area contributed by atoms with Crippen LogP contribution in [0, 0.1) is 6.92 Å². The minimum absolute atomic E-state index is 0.102. The molecule has 0 aliphatic rings. The molecular formula is C14H16N4OS3. The second kappa shape index (κ2) is 8.21. The number of aryl methyl sites for hydroxylation is 1. The summed E-state index contributed by atoms with van der Waals surface area (Å²) in [5, 5.41) is 15.1. The Bertz CT molecular complexity index is 654. The van der Waals surface area contributed by atoms with Gasteiger partial charge in [-0.2, -0.15) is 0 Å². The molecule has 2 N–H and O–H groups in total. The van der Waals surface area contributed by atoms with Gasteiger partial charge < -0.3 is 10.6 Å². The van der Waals surface area contributed by atoms with Crippen molar-refractivity contribution >= 4 is 56.4 Å². The first-order valence-corrected chi connectivity index (χ1v) is 8.80. The molecule has 0 saturated heterocycles. The number of thioether (sulfide) groups is 1. The van der Waals surface area contributed by atoms with Gasteiger partial charge in [-0.1, -0.05) is 36.0 Å². The van der Waals surface area contributed by atoms with Crippen LogP contribution in [-0.4, -0.2) is 20.4 Å². The molecule has 1 aromatic carbocycles. The van der Waals surface area contributed by atoms with E-state index < -0.39 is 0 Å². The van der Waals surface area contributed by atoms with Gasteiger partial charge in [0.25, 0.3) is 0 Å². The molecule has 116 valence electrons. The molecular weight excluding hydrogens is 336 g/mol. The molecule has 8 heteroatoms. The average Bonchev–Trinajstić information content (AvgIpc) is 2.88. The van der Waals surface area contributed by atoms with E-state index >= 15 is 0 Å². The Kier molecular flexibility index (Phi) is 6.29. The Hall–Kier alpha value is -1.51. The number of carbonyl (C=O) groups excluding carboxylic acids is 1. The van der Waals surface area contributed by atoms with Crippen molar-refractivity contribution < 1.29 is 4.79 Å². The Morgan fingerprint density at radius 1 is 1.27 bits per heavy atom. The number of nitrogens with one attached hydrogen (secondary N) is 2. The molecule has 0 aliphatic carbocycles. The Labute approximate surface area is 142 Å². The molecule has 1 aromatic heterocycles. The first-order chi connectivity index (χ1) is 10.6. The summed E-state index contributed by atoms with van der Waals surface area (Å²) in [6, 6.07) is 7.91. The number of nitrogens with zero attached hydrogens (tertiary/aromatic N) is 2. The lowest BCUT2D eigenvalue weighted by Crippen LogP contribution is -2.18. The summed E-state index contributed by atoms with van der Waals surface area (Å²) in [7, 11) is 0. The van der Waals surface area contributed by atoms with Gasteiger partial charge in [-0.25, -0.2) is 0 Å². The van der Waals surface area contributed by atoms with E-state index in [4.69, 9.17) is 12.2 Å². The number of hydrogen-bond donors (Lipinski definition) is 2. The largest absolute Gasteiger partial charge is 0.332 e. The summed E-state index contributed by atoms with van der Waals surface area (Å²) in [6.45, 7) is 4.00. The van der Waals surface area contributed by atoms with Crippen LogP contribution in [0.2, 0.25) is 0 Å². The van der Waals surface area contributed by atoms with Crippen molar-refractivity contribution in [1.82, 2.24) is 10.2 Å². The van der Waals surface area contributed by atoms with E-state index in [-0.39, 0.29) is 5.12 Å². The standard InChI is InChI=1S/C14H16N4OS3/c1-3-4-11(19)21-14-18-17-13(22-14)16-12(20)15-10-7-5-9(2)6-8-10/h5-8H,3-4H2,1-2H3,(H2,15,16,17,20). The number of rotatable bonds is 5. The van der Waals surface area contributed by atoms with Gasteiger partial charge in [-0.15, -0.1) is 10.2 Å². The van der Waals surface area contributed by atoms with Crippen LogP contribution in [0.25, 0.3) is 0 Å². The van der Waals surface area contributed by atoms with Crippen LogP contribution in [0.5, 0.6) is 0 Å².